The Morgan fingerprint density at radius 3 is 2.78 bits per heavy atom. The molecule has 0 saturated carbocycles. The number of benzene rings is 1. The summed E-state index contributed by atoms with van der Waals surface area (Å²) in [6.07, 6.45) is 4.91. The zero-order chi connectivity index (χ0) is 19.2. The quantitative estimate of drug-likeness (QED) is 0.622. The Labute approximate surface area is 159 Å². The van der Waals surface area contributed by atoms with Crippen molar-refractivity contribution in [1.82, 2.24) is 14.8 Å². The van der Waals surface area contributed by atoms with Gasteiger partial charge in [-0.25, -0.2) is 4.79 Å². The normalized spacial score (nSPS) is 21.7. The molecule has 3 heterocycles. The van der Waals surface area contributed by atoms with Crippen LogP contribution < -0.4 is 4.74 Å². The maximum Gasteiger partial charge on any atom is 0.327 e. The number of nitrogens with zero attached hydrogens (tertiary/aromatic N) is 2. The molecule has 4 rings (SSSR count). The first kappa shape index (κ1) is 17.9. The number of carbonyl (C=O) groups is 2. The third-order valence-electron chi connectivity index (χ3n) is 6.08. The summed E-state index contributed by atoms with van der Waals surface area (Å²) in [7, 11) is 1.65. The highest BCUT2D eigenvalue weighted by Gasteiger charge is 2.58. The molecule has 1 aromatic heterocycles. The Morgan fingerprint density at radius 1 is 1.22 bits per heavy atom. The molecule has 1 atom stereocenters. The molecule has 6 heteroatoms. The molecule has 1 fully saturated rings. The molecular formula is C21H27N3O3. The molecule has 6 nitrogen and oxygen atoms in total. The maximum atomic E-state index is 13.3. The summed E-state index contributed by atoms with van der Waals surface area (Å²) in [5.74, 6) is 0.687. The minimum absolute atomic E-state index is 0.108. The van der Waals surface area contributed by atoms with E-state index in [2.05, 4.69) is 11.9 Å². The van der Waals surface area contributed by atoms with Crippen LogP contribution >= 0.6 is 0 Å². The summed E-state index contributed by atoms with van der Waals surface area (Å²) in [5, 5.41) is 1.08. The number of aromatic nitrogens is 1. The molecule has 27 heavy (non-hydrogen) atoms. The van der Waals surface area contributed by atoms with Crippen LogP contribution in [-0.2, 0) is 16.8 Å². The van der Waals surface area contributed by atoms with Crippen LogP contribution in [0, 0.1) is 0 Å². The van der Waals surface area contributed by atoms with Crippen LogP contribution in [0.4, 0.5) is 4.79 Å². The highest BCUT2D eigenvalue weighted by molar-refractivity contribution is 6.08. The molecular weight excluding hydrogens is 342 g/mol. The standard InChI is InChI=1S/C21H27N3O3/c1-4-5-6-7-11-23-19(25)21(2)18-15(10-12-24(21)20(23)26)16-13-14(27-3)8-9-17(16)22-18/h8-9,13,22H,4-7,10-12H2,1-3H3. The Bertz CT molecular complexity index is 903. The number of H-pyrrole nitrogens is 1. The SMILES string of the molecule is CCCCCCN1C(=O)N2CCc3c([nH]c4ccc(OC)cc34)C2(C)C1=O. The van der Waals surface area contributed by atoms with E-state index >= 15 is 0 Å². The third-order valence-corrected chi connectivity index (χ3v) is 6.08. The minimum Gasteiger partial charge on any atom is -0.497 e. The minimum atomic E-state index is -0.943. The predicted octanol–water partition coefficient (Wildman–Crippen LogP) is 3.79. The highest BCUT2D eigenvalue weighted by atomic mass is 16.5. The fraction of sp³-hybridized carbons (Fsp3) is 0.524. The molecule has 2 aromatic rings. The third kappa shape index (κ3) is 2.53. The van der Waals surface area contributed by atoms with E-state index in [1.807, 2.05) is 25.1 Å². The van der Waals surface area contributed by atoms with Crippen LogP contribution in [0.2, 0.25) is 0 Å². The van der Waals surface area contributed by atoms with Crippen LogP contribution in [0.3, 0.4) is 0 Å². The lowest BCUT2D eigenvalue weighted by molar-refractivity contribution is -0.133. The molecule has 1 N–H and O–H groups in total. The van der Waals surface area contributed by atoms with Crippen molar-refractivity contribution < 1.29 is 14.3 Å². The zero-order valence-electron chi connectivity index (χ0n) is 16.3. The molecule has 0 spiro atoms. The number of hydrogen-bond acceptors (Lipinski definition) is 3. The molecule has 3 amide bonds. The van der Waals surface area contributed by atoms with Crippen molar-refractivity contribution in [2.75, 3.05) is 20.2 Å². The average molecular weight is 369 g/mol. The van der Waals surface area contributed by atoms with Crippen molar-refractivity contribution >= 4 is 22.8 Å². The van der Waals surface area contributed by atoms with Gasteiger partial charge in [-0.2, -0.15) is 0 Å². The number of imide groups is 1. The molecule has 0 bridgehead atoms. The van der Waals surface area contributed by atoms with E-state index in [-0.39, 0.29) is 11.9 Å². The summed E-state index contributed by atoms with van der Waals surface area (Å²) in [6, 6.07) is 5.74. The van der Waals surface area contributed by atoms with Crippen molar-refractivity contribution in [3.63, 3.8) is 0 Å². The smallest absolute Gasteiger partial charge is 0.327 e. The van der Waals surface area contributed by atoms with Crippen LogP contribution in [-0.4, -0.2) is 46.9 Å². The zero-order valence-corrected chi connectivity index (χ0v) is 16.3. The first-order valence-corrected chi connectivity index (χ1v) is 9.85. The number of amides is 3. The van der Waals surface area contributed by atoms with E-state index in [9.17, 15) is 9.59 Å². The van der Waals surface area contributed by atoms with E-state index < -0.39 is 5.54 Å². The van der Waals surface area contributed by atoms with Crippen LogP contribution in [0.25, 0.3) is 10.9 Å². The Balaban J connectivity index is 1.71. The van der Waals surface area contributed by atoms with Crippen LogP contribution in [0.5, 0.6) is 5.75 Å². The van der Waals surface area contributed by atoms with Gasteiger partial charge in [0.05, 0.1) is 12.8 Å². The van der Waals surface area contributed by atoms with Crippen molar-refractivity contribution in [2.24, 2.45) is 0 Å². The van der Waals surface area contributed by atoms with Gasteiger partial charge >= 0.3 is 6.03 Å². The lowest BCUT2D eigenvalue weighted by Crippen LogP contribution is -2.49. The fourth-order valence-corrected chi connectivity index (χ4v) is 4.51. The number of carbonyl (C=O) groups excluding carboxylic acids is 2. The number of fused-ring (bicyclic) bond motifs is 5. The van der Waals surface area contributed by atoms with Crippen molar-refractivity contribution in [3.8, 4) is 5.75 Å². The summed E-state index contributed by atoms with van der Waals surface area (Å²) >= 11 is 0. The van der Waals surface area contributed by atoms with Gasteiger partial charge < -0.3 is 14.6 Å². The number of unbranched alkanes of at least 4 members (excludes halogenated alkanes) is 3. The van der Waals surface area contributed by atoms with Crippen molar-refractivity contribution in [1.29, 1.82) is 0 Å². The van der Waals surface area contributed by atoms with Gasteiger partial charge in [-0.05, 0) is 43.5 Å². The van der Waals surface area contributed by atoms with Crippen molar-refractivity contribution in [2.45, 2.75) is 51.5 Å². The van der Waals surface area contributed by atoms with Gasteiger partial charge in [0.2, 0.25) is 0 Å². The predicted molar refractivity (Wildman–Crippen MR) is 104 cm³/mol. The molecule has 0 aliphatic carbocycles. The van der Waals surface area contributed by atoms with E-state index in [1.165, 1.54) is 4.90 Å². The van der Waals surface area contributed by atoms with Gasteiger partial charge in [-0.3, -0.25) is 9.69 Å². The summed E-state index contributed by atoms with van der Waals surface area (Å²) in [5.41, 5.74) is 2.01. The van der Waals surface area contributed by atoms with Gasteiger partial charge in [-0.1, -0.05) is 26.2 Å². The van der Waals surface area contributed by atoms with E-state index in [0.717, 1.165) is 60.0 Å². The number of rotatable bonds is 6. The fourth-order valence-electron chi connectivity index (χ4n) is 4.51. The Kier molecular flexibility index (Phi) is 4.36. The highest BCUT2D eigenvalue weighted by Crippen LogP contribution is 2.44. The molecule has 0 radical (unpaired) electrons. The van der Waals surface area contributed by atoms with Gasteiger partial charge in [0.1, 0.15) is 5.75 Å². The van der Waals surface area contributed by atoms with E-state index in [1.54, 1.807) is 12.0 Å². The second kappa shape index (κ2) is 6.59. The number of ether oxygens (including phenoxy) is 1. The number of methoxy groups -OCH3 is 1. The van der Waals surface area contributed by atoms with Gasteiger partial charge in [-0.15, -0.1) is 0 Å². The number of aromatic amines is 1. The molecule has 2 aliphatic heterocycles. The molecule has 2 aliphatic rings. The van der Waals surface area contributed by atoms with Crippen LogP contribution in [0.15, 0.2) is 18.2 Å². The van der Waals surface area contributed by atoms with Crippen LogP contribution in [0.1, 0.15) is 50.8 Å². The Hall–Kier alpha value is -2.50. The number of urea groups is 1. The lowest BCUT2D eigenvalue weighted by Gasteiger charge is -2.36. The summed E-state index contributed by atoms with van der Waals surface area (Å²) < 4.78 is 5.36. The average Bonchev–Trinajstić information content (AvgIpc) is 3.14. The van der Waals surface area contributed by atoms with E-state index in [4.69, 9.17) is 4.74 Å². The number of nitrogens with one attached hydrogen (secondary N) is 1. The molecule has 144 valence electrons. The lowest BCUT2D eigenvalue weighted by atomic mass is 9.87. The maximum absolute atomic E-state index is 13.3. The Morgan fingerprint density at radius 2 is 2.04 bits per heavy atom. The van der Waals surface area contributed by atoms with Crippen molar-refractivity contribution in [3.05, 3.63) is 29.5 Å². The molecule has 1 unspecified atom stereocenters. The first-order valence-electron chi connectivity index (χ1n) is 9.85. The second-order valence-electron chi connectivity index (χ2n) is 7.66. The molecule has 1 aromatic carbocycles. The topological polar surface area (TPSA) is 65.6 Å². The summed E-state index contributed by atoms with van der Waals surface area (Å²) in [4.78, 5) is 32.9. The second-order valence-corrected chi connectivity index (χ2v) is 7.66. The monoisotopic (exact) mass is 369 g/mol. The molecule has 1 saturated heterocycles. The van der Waals surface area contributed by atoms with Gasteiger partial charge in [0.15, 0.2) is 5.54 Å². The first-order chi connectivity index (χ1) is 13.0. The van der Waals surface area contributed by atoms with E-state index in [0.29, 0.717) is 13.1 Å². The van der Waals surface area contributed by atoms with Gasteiger partial charge in [0, 0.05) is 24.0 Å². The largest absolute Gasteiger partial charge is 0.497 e. The van der Waals surface area contributed by atoms with Gasteiger partial charge in [0.25, 0.3) is 5.91 Å². The number of hydrogen-bond donors (Lipinski definition) is 1. The summed E-state index contributed by atoms with van der Waals surface area (Å²) in [6.45, 7) is 5.10.